The highest BCUT2D eigenvalue weighted by Crippen LogP contribution is 2.40. The van der Waals surface area contributed by atoms with Crippen LogP contribution in [0.1, 0.15) is 91.7 Å². The fourth-order valence-corrected chi connectivity index (χ4v) is 6.94. The Morgan fingerprint density at radius 2 is 1.71 bits per heavy atom. The lowest BCUT2D eigenvalue weighted by Gasteiger charge is -2.28. The highest BCUT2D eigenvalue weighted by Gasteiger charge is 2.46. The van der Waals surface area contributed by atoms with Gasteiger partial charge in [0.15, 0.2) is 5.69 Å². The van der Waals surface area contributed by atoms with E-state index >= 15 is 0 Å². The second-order valence-corrected chi connectivity index (χ2v) is 17.1. The Labute approximate surface area is 338 Å². The van der Waals surface area contributed by atoms with Crippen LogP contribution in [0, 0.1) is 11.8 Å². The molecule has 2 aromatic rings. The van der Waals surface area contributed by atoms with Crippen LogP contribution in [0.25, 0.3) is 11.0 Å². The van der Waals surface area contributed by atoms with E-state index in [2.05, 4.69) is 50.8 Å². The van der Waals surface area contributed by atoms with Crippen LogP contribution in [-0.2, 0) is 40.8 Å². The van der Waals surface area contributed by atoms with Gasteiger partial charge in [-0.25, -0.2) is 22.8 Å². The number of H-pyrrole nitrogens is 1. The van der Waals surface area contributed by atoms with Crippen molar-refractivity contribution < 1.29 is 50.4 Å². The highest BCUT2D eigenvalue weighted by molar-refractivity contribution is 7.85. The Bertz CT molecular complexity index is 1820. The summed E-state index contributed by atoms with van der Waals surface area (Å²) in [6, 6.07) is 4.00. The number of rotatable bonds is 14. The molecule has 0 spiro atoms. The third-order valence-corrected chi connectivity index (χ3v) is 11.2. The van der Waals surface area contributed by atoms with Gasteiger partial charge in [-0.2, -0.15) is 8.78 Å². The zero-order chi connectivity index (χ0) is 43.2. The van der Waals surface area contributed by atoms with Crippen molar-refractivity contribution >= 4 is 45.8 Å². The van der Waals surface area contributed by atoms with Crippen LogP contribution in [0.15, 0.2) is 41.2 Å². The number of amides is 4. The summed E-state index contributed by atoms with van der Waals surface area (Å²) in [6.45, 7) is 9.27. The molecule has 2 aliphatic carbocycles. The summed E-state index contributed by atoms with van der Waals surface area (Å²) in [5.41, 5.74) is -0.911. The number of alkyl halides is 4. The Balaban J connectivity index is 0.000000293. The first-order valence-electron chi connectivity index (χ1n) is 19.4. The van der Waals surface area contributed by atoms with Gasteiger partial charge in [0.05, 0.1) is 35.6 Å². The van der Waals surface area contributed by atoms with Crippen molar-refractivity contribution in [2.24, 2.45) is 11.8 Å². The predicted molar refractivity (Wildman–Crippen MR) is 210 cm³/mol. The number of hydrogen-bond donors (Lipinski definition) is 4. The molecule has 0 bridgehead atoms. The number of halogens is 4. The van der Waals surface area contributed by atoms with Crippen LogP contribution in [0.3, 0.4) is 0 Å². The van der Waals surface area contributed by atoms with Crippen LogP contribution in [-0.4, -0.2) is 99.1 Å². The second kappa shape index (κ2) is 22.1. The second-order valence-electron chi connectivity index (χ2n) is 15.4. The maximum absolute atomic E-state index is 14.2. The van der Waals surface area contributed by atoms with Gasteiger partial charge in [-0.15, -0.1) is 0 Å². The first-order chi connectivity index (χ1) is 27.3. The number of nitrogens with zero attached hydrogens (tertiary/aromatic N) is 2. The molecule has 5 rings (SSSR count). The van der Waals surface area contributed by atoms with Gasteiger partial charge in [0, 0.05) is 12.5 Å². The number of likely N-dealkylation sites (tertiary alicyclic amines) is 1. The SMILES string of the molecule is CC(C)C.COC(=O)NCC(=O)N1CCCC1C(=O)NC(C(=O)NS(=O)C1(C)CC1)[C@@H](C)C(F)F.O=c1[nH]c2ccccc2nc1C(F)(F)/C=C/COC1CCCC1. The number of carbonyl (C=O) groups excluding carboxylic acids is 4. The molecule has 19 heteroatoms. The number of methoxy groups -OCH3 is 1. The number of para-hydroxylation sites is 2. The van der Waals surface area contributed by atoms with Gasteiger partial charge in [0.25, 0.3) is 11.5 Å². The summed E-state index contributed by atoms with van der Waals surface area (Å²) < 4.78 is 78.9. The molecule has 14 nitrogen and oxygen atoms in total. The highest BCUT2D eigenvalue weighted by atomic mass is 32.2. The van der Waals surface area contributed by atoms with E-state index in [1.807, 2.05) is 0 Å². The summed E-state index contributed by atoms with van der Waals surface area (Å²) in [5, 5.41) is 4.53. The molecule has 4 amide bonds. The zero-order valence-electron chi connectivity index (χ0n) is 33.8. The van der Waals surface area contributed by atoms with Crippen molar-refractivity contribution in [2.45, 2.75) is 121 Å². The standard InChI is InChI=1S/C18H28F2N4O6S.C17H18F2N2O2.C4H10/c1-10(14(19)20)13(16(27)23-31(29)18(2)6-7-18)22-15(26)11-5-4-8-24(11)12(25)9-21-17(28)30-3;18-17(19,10-5-11-23-12-6-1-2-7-12)15-16(22)21-14-9-4-3-8-13(14)20-15;1-4(2)3/h10-11,13-14H,4-9H2,1-3H3,(H,21,28)(H,22,26)(H,23,27);3-5,8-10,12H,1-2,6-7,11H2,(H,21,22);4H,1-3H3/b;10-5+;/t10-,11?,13?,31?;;/m1../s1. The average molecular weight is 845 g/mol. The largest absolute Gasteiger partial charge is 0.453 e. The minimum Gasteiger partial charge on any atom is -0.453 e. The van der Waals surface area contributed by atoms with Crippen LogP contribution < -0.4 is 20.9 Å². The summed E-state index contributed by atoms with van der Waals surface area (Å²) in [6.07, 6.45) is 4.65. The van der Waals surface area contributed by atoms with Crippen molar-refractivity contribution in [3.8, 4) is 0 Å². The van der Waals surface area contributed by atoms with Gasteiger partial charge in [-0.1, -0.05) is 58.7 Å². The quantitative estimate of drug-likeness (QED) is 0.146. The molecule has 0 radical (unpaired) electrons. The number of benzene rings is 1. The molecular formula is C39H56F4N6O8S. The number of fused-ring (bicyclic) bond motifs is 1. The van der Waals surface area contributed by atoms with E-state index < -0.39 is 87.7 Å². The molecule has 1 saturated heterocycles. The molecule has 1 aromatic carbocycles. The molecule has 324 valence electrons. The molecule has 3 unspecified atom stereocenters. The molecule has 4 atom stereocenters. The minimum absolute atomic E-state index is 0.117. The van der Waals surface area contributed by atoms with Crippen molar-refractivity contribution in [2.75, 3.05) is 26.8 Å². The molecule has 3 aliphatic rings. The van der Waals surface area contributed by atoms with E-state index in [-0.39, 0.29) is 25.7 Å². The molecule has 4 N–H and O–H groups in total. The lowest BCUT2D eigenvalue weighted by Crippen LogP contribution is -2.57. The number of aromatic amines is 1. The van der Waals surface area contributed by atoms with Gasteiger partial charge in [-0.3, -0.25) is 23.9 Å². The first kappa shape index (κ1) is 48.0. The normalized spacial score (nSPS) is 19.1. The van der Waals surface area contributed by atoms with Crippen molar-refractivity contribution in [1.29, 1.82) is 0 Å². The van der Waals surface area contributed by atoms with Crippen molar-refractivity contribution in [1.82, 2.24) is 30.2 Å². The third-order valence-electron chi connectivity index (χ3n) is 9.52. The monoisotopic (exact) mass is 844 g/mol. The van der Waals surface area contributed by atoms with Gasteiger partial charge < -0.3 is 30.0 Å². The van der Waals surface area contributed by atoms with Gasteiger partial charge in [0.1, 0.15) is 29.6 Å². The molecular weight excluding hydrogens is 789 g/mol. The third kappa shape index (κ3) is 14.5. The smallest absolute Gasteiger partial charge is 0.407 e. The minimum atomic E-state index is -3.43. The van der Waals surface area contributed by atoms with Gasteiger partial charge >= 0.3 is 12.0 Å². The van der Waals surface area contributed by atoms with Crippen LogP contribution in [0.2, 0.25) is 0 Å². The first-order valence-corrected chi connectivity index (χ1v) is 20.5. The maximum atomic E-state index is 14.2. The molecule has 58 heavy (non-hydrogen) atoms. The number of aromatic nitrogens is 2. The molecule has 2 saturated carbocycles. The number of ether oxygens (including phenoxy) is 2. The van der Waals surface area contributed by atoms with E-state index in [1.165, 1.54) is 11.0 Å². The summed E-state index contributed by atoms with van der Waals surface area (Å²) >= 11 is 0. The predicted octanol–water partition coefficient (Wildman–Crippen LogP) is 5.24. The van der Waals surface area contributed by atoms with Crippen LogP contribution in [0.5, 0.6) is 0 Å². The molecule has 2 heterocycles. The van der Waals surface area contributed by atoms with E-state index in [0.29, 0.717) is 36.4 Å². The van der Waals surface area contributed by atoms with E-state index in [0.717, 1.165) is 45.6 Å². The Morgan fingerprint density at radius 1 is 1.07 bits per heavy atom. The molecule has 3 fully saturated rings. The van der Waals surface area contributed by atoms with Gasteiger partial charge in [0.2, 0.25) is 18.2 Å². The number of nitrogens with one attached hydrogen (secondary N) is 4. The van der Waals surface area contributed by atoms with Crippen LogP contribution in [0.4, 0.5) is 22.4 Å². The summed E-state index contributed by atoms with van der Waals surface area (Å²) in [7, 11) is -0.621. The fourth-order valence-electron chi connectivity index (χ4n) is 5.91. The fraction of sp³-hybridized carbons (Fsp3) is 0.641. The molecule has 1 aliphatic heterocycles. The van der Waals surface area contributed by atoms with Crippen LogP contribution >= 0.6 is 0 Å². The van der Waals surface area contributed by atoms with E-state index in [9.17, 15) is 45.7 Å². The van der Waals surface area contributed by atoms with Gasteiger partial charge in [-0.05, 0) is 69.6 Å². The Kier molecular flexibility index (Phi) is 18.3. The average Bonchev–Trinajstić information content (AvgIpc) is 3.51. The number of allylic oxidation sites excluding steroid dienone is 1. The van der Waals surface area contributed by atoms with E-state index in [1.54, 1.807) is 31.2 Å². The lowest BCUT2D eigenvalue weighted by molar-refractivity contribution is -0.139. The molecule has 1 aromatic heterocycles. The Morgan fingerprint density at radius 3 is 2.31 bits per heavy atom. The number of alkyl carbamates (subject to hydrolysis) is 1. The Hall–Kier alpha value is -4.39. The number of hydrogen-bond acceptors (Lipinski definition) is 9. The summed E-state index contributed by atoms with van der Waals surface area (Å²) in [5.74, 6) is -6.42. The lowest BCUT2D eigenvalue weighted by atomic mass is 10.0. The number of carbonyl (C=O) groups is 4. The van der Waals surface area contributed by atoms with E-state index in [4.69, 9.17) is 4.74 Å². The summed E-state index contributed by atoms with van der Waals surface area (Å²) in [4.78, 5) is 68.1. The maximum Gasteiger partial charge on any atom is 0.407 e. The van der Waals surface area contributed by atoms with Crippen molar-refractivity contribution in [3.05, 3.63) is 52.5 Å². The topological polar surface area (TPSA) is 189 Å². The zero-order valence-corrected chi connectivity index (χ0v) is 34.6. The van der Waals surface area contributed by atoms with Crippen molar-refractivity contribution in [3.63, 3.8) is 0 Å².